The van der Waals surface area contributed by atoms with Crippen LogP contribution < -0.4 is 11.1 Å². The minimum Gasteiger partial charge on any atom is -0.398 e. The number of non-ortho nitro benzene ring substituents is 1. The van der Waals surface area contributed by atoms with Crippen molar-refractivity contribution in [3.63, 3.8) is 0 Å². The number of hydrogen-bond acceptors (Lipinski definition) is 6. The summed E-state index contributed by atoms with van der Waals surface area (Å²) in [7, 11) is 0. The summed E-state index contributed by atoms with van der Waals surface area (Å²) in [6.07, 6.45) is 1.81. The van der Waals surface area contributed by atoms with E-state index in [2.05, 4.69) is 10.3 Å². The number of benzene rings is 1. The molecule has 0 radical (unpaired) electrons. The first kappa shape index (κ1) is 13.3. The van der Waals surface area contributed by atoms with Gasteiger partial charge < -0.3 is 11.1 Å². The van der Waals surface area contributed by atoms with Gasteiger partial charge in [-0.15, -0.1) is 11.3 Å². The molecule has 0 amide bonds. The van der Waals surface area contributed by atoms with Crippen molar-refractivity contribution in [1.82, 2.24) is 4.98 Å². The molecule has 0 aliphatic carbocycles. The molecule has 0 aliphatic heterocycles. The molecular formula is C12H14N4O2S. The fraction of sp³-hybridized carbons (Fsp3) is 0.250. The molecule has 0 saturated carbocycles. The Morgan fingerprint density at radius 3 is 2.79 bits per heavy atom. The number of nitro benzene ring substituents is 1. The van der Waals surface area contributed by atoms with E-state index in [1.807, 2.05) is 13.8 Å². The van der Waals surface area contributed by atoms with E-state index in [0.717, 1.165) is 9.88 Å². The molecular weight excluding hydrogens is 264 g/mol. The van der Waals surface area contributed by atoms with Crippen LogP contribution in [0.4, 0.5) is 17.1 Å². The summed E-state index contributed by atoms with van der Waals surface area (Å²) in [5, 5.41) is 14.9. The van der Waals surface area contributed by atoms with Gasteiger partial charge in [0.25, 0.3) is 5.69 Å². The van der Waals surface area contributed by atoms with Gasteiger partial charge in [0.05, 0.1) is 11.0 Å². The largest absolute Gasteiger partial charge is 0.398 e. The lowest BCUT2D eigenvalue weighted by Crippen LogP contribution is -2.06. The molecule has 0 aliphatic rings. The SMILES string of the molecule is Cc1cnc(C(C)Nc2cc(N)cc([N+](=O)[O-])c2)s1. The maximum absolute atomic E-state index is 10.8. The first-order valence-corrected chi connectivity index (χ1v) is 6.51. The zero-order chi connectivity index (χ0) is 14.0. The van der Waals surface area contributed by atoms with Crippen LogP contribution in [0.15, 0.2) is 24.4 Å². The van der Waals surface area contributed by atoms with Crippen LogP contribution in [0.1, 0.15) is 22.9 Å². The molecule has 0 spiro atoms. The molecule has 0 saturated heterocycles. The van der Waals surface area contributed by atoms with Crippen LogP contribution in [0.3, 0.4) is 0 Å². The number of nitrogens with one attached hydrogen (secondary N) is 1. The number of rotatable bonds is 4. The number of aryl methyl sites for hydroxylation is 1. The van der Waals surface area contributed by atoms with Gasteiger partial charge in [0.1, 0.15) is 5.01 Å². The Balaban J connectivity index is 2.21. The van der Waals surface area contributed by atoms with E-state index >= 15 is 0 Å². The number of nitrogen functional groups attached to an aromatic ring is 1. The van der Waals surface area contributed by atoms with Crippen LogP contribution in [0, 0.1) is 17.0 Å². The zero-order valence-corrected chi connectivity index (χ0v) is 11.4. The summed E-state index contributed by atoms with van der Waals surface area (Å²) in [5.74, 6) is 0. The topological polar surface area (TPSA) is 94.1 Å². The average Bonchev–Trinajstić information content (AvgIpc) is 2.75. The number of anilines is 2. The third kappa shape index (κ3) is 3.19. The normalized spacial score (nSPS) is 12.1. The van der Waals surface area contributed by atoms with Crippen LogP contribution in [0.5, 0.6) is 0 Å². The fourth-order valence-corrected chi connectivity index (χ4v) is 2.48. The van der Waals surface area contributed by atoms with Crippen LogP contribution in [-0.4, -0.2) is 9.91 Å². The predicted octanol–water partition coefficient (Wildman–Crippen LogP) is 3.12. The van der Waals surface area contributed by atoms with Crippen molar-refractivity contribution in [3.8, 4) is 0 Å². The summed E-state index contributed by atoms with van der Waals surface area (Å²) < 4.78 is 0. The second kappa shape index (κ2) is 5.23. The van der Waals surface area contributed by atoms with E-state index in [4.69, 9.17) is 5.73 Å². The second-order valence-electron chi connectivity index (χ2n) is 4.25. The van der Waals surface area contributed by atoms with Crippen molar-refractivity contribution in [2.75, 3.05) is 11.1 Å². The quantitative estimate of drug-likeness (QED) is 0.509. The van der Waals surface area contributed by atoms with Crippen LogP contribution >= 0.6 is 11.3 Å². The van der Waals surface area contributed by atoms with Crippen molar-refractivity contribution < 1.29 is 4.92 Å². The average molecular weight is 278 g/mol. The lowest BCUT2D eigenvalue weighted by Gasteiger charge is -2.13. The predicted molar refractivity (Wildman–Crippen MR) is 76.4 cm³/mol. The Morgan fingerprint density at radius 2 is 2.21 bits per heavy atom. The lowest BCUT2D eigenvalue weighted by atomic mass is 10.2. The van der Waals surface area contributed by atoms with Gasteiger partial charge in [0.2, 0.25) is 0 Å². The standard InChI is InChI=1S/C12H14N4O2S/c1-7-6-14-12(19-7)8(2)15-10-3-9(13)4-11(5-10)16(17)18/h3-6,8,15H,13H2,1-2H3. The highest BCUT2D eigenvalue weighted by atomic mass is 32.1. The van der Waals surface area contributed by atoms with Gasteiger partial charge in [-0.1, -0.05) is 0 Å². The molecule has 19 heavy (non-hydrogen) atoms. The van der Waals surface area contributed by atoms with Crippen molar-refractivity contribution in [2.45, 2.75) is 19.9 Å². The maximum atomic E-state index is 10.8. The fourth-order valence-electron chi connectivity index (χ4n) is 1.71. The van der Waals surface area contributed by atoms with Crippen LogP contribution in [-0.2, 0) is 0 Å². The molecule has 1 unspecified atom stereocenters. The Bertz CT molecular complexity index is 612. The highest BCUT2D eigenvalue weighted by Gasteiger charge is 2.13. The van der Waals surface area contributed by atoms with E-state index < -0.39 is 4.92 Å². The van der Waals surface area contributed by atoms with Crippen molar-refractivity contribution >= 4 is 28.4 Å². The molecule has 7 heteroatoms. The second-order valence-corrected chi connectivity index (χ2v) is 5.51. The van der Waals surface area contributed by atoms with Gasteiger partial charge in [0.15, 0.2) is 0 Å². The van der Waals surface area contributed by atoms with Gasteiger partial charge in [-0.05, 0) is 19.9 Å². The smallest absolute Gasteiger partial charge is 0.273 e. The zero-order valence-electron chi connectivity index (χ0n) is 10.6. The first-order valence-electron chi connectivity index (χ1n) is 5.69. The number of thiazole rings is 1. The van der Waals surface area contributed by atoms with E-state index in [1.165, 1.54) is 12.1 Å². The van der Waals surface area contributed by atoms with Crippen LogP contribution in [0.25, 0.3) is 0 Å². The molecule has 6 nitrogen and oxygen atoms in total. The minimum atomic E-state index is -0.459. The molecule has 1 aromatic heterocycles. The number of aromatic nitrogens is 1. The number of hydrogen-bond donors (Lipinski definition) is 2. The Kier molecular flexibility index (Phi) is 3.66. The number of nitro groups is 1. The Morgan fingerprint density at radius 1 is 1.47 bits per heavy atom. The summed E-state index contributed by atoms with van der Waals surface area (Å²) in [5.41, 5.74) is 6.61. The summed E-state index contributed by atoms with van der Waals surface area (Å²) >= 11 is 1.59. The Labute approximate surface area is 114 Å². The molecule has 0 fully saturated rings. The third-order valence-electron chi connectivity index (χ3n) is 2.54. The van der Waals surface area contributed by atoms with Gasteiger partial charge in [-0.25, -0.2) is 4.98 Å². The third-order valence-corrected chi connectivity index (χ3v) is 3.64. The van der Waals surface area contributed by atoms with Gasteiger partial charge >= 0.3 is 0 Å². The van der Waals surface area contributed by atoms with E-state index in [9.17, 15) is 10.1 Å². The number of nitrogens with zero attached hydrogens (tertiary/aromatic N) is 2. The van der Waals surface area contributed by atoms with E-state index in [-0.39, 0.29) is 11.7 Å². The molecule has 3 N–H and O–H groups in total. The van der Waals surface area contributed by atoms with Crippen molar-refractivity contribution in [3.05, 3.63) is 44.4 Å². The summed E-state index contributed by atoms with van der Waals surface area (Å²) in [6, 6.07) is 4.45. The molecule has 0 bridgehead atoms. The Hall–Kier alpha value is -2.15. The van der Waals surface area contributed by atoms with E-state index in [0.29, 0.717) is 11.4 Å². The van der Waals surface area contributed by atoms with Crippen molar-refractivity contribution in [2.24, 2.45) is 0 Å². The van der Waals surface area contributed by atoms with Crippen LogP contribution in [0.2, 0.25) is 0 Å². The summed E-state index contributed by atoms with van der Waals surface area (Å²) in [4.78, 5) is 15.7. The first-order chi connectivity index (χ1) is 8.95. The summed E-state index contributed by atoms with van der Waals surface area (Å²) in [6.45, 7) is 3.94. The molecule has 1 aromatic carbocycles. The van der Waals surface area contributed by atoms with Gasteiger partial charge in [-0.3, -0.25) is 10.1 Å². The monoisotopic (exact) mass is 278 g/mol. The molecule has 2 rings (SSSR count). The molecule has 100 valence electrons. The van der Waals surface area contributed by atoms with E-state index in [1.54, 1.807) is 23.6 Å². The highest BCUT2D eigenvalue weighted by Crippen LogP contribution is 2.27. The number of nitrogens with two attached hydrogens (primary N) is 1. The van der Waals surface area contributed by atoms with Gasteiger partial charge in [-0.2, -0.15) is 0 Å². The molecule has 1 heterocycles. The molecule has 2 aromatic rings. The van der Waals surface area contributed by atoms with Crippen molar-refractivity contribution in [1.29, 1.82) is 0 Å². The minimum absolute atomic E-state index is 0.0231. The maximum Gasteiger partial charge on any atom is 0.273 e. The van der Waals surface area contributed by atoms with Gasteiger partial charge in [0, 0.05) is 34.6 Å². The highest BCUT2D eigenvalue weighted by molar-refractivity contribution is 7.11. The molecule has 1 atom stereocenters. The lowest BCUT2D eigenvalue weighted by molar-refractivity contribution is -0.384.